The first kappa shape index (κ1) is 23.1. The van der Waals surface area contributed by atoms with Gasteiger partial charge in [-0.15, -0.1) is 0 Å². The number of hydrogen-bond donors (Lipinski definition) is 0. The normalized spacial score (nSPS) is 11.2. The van der Waals surface area contributed by atoms with Crippen LogP contribution in [-0.2, 0) is 0 Å². The van der Waals surface area contributed by atoms with Gasteiger partial charge in [0, 0.05) is 33.5 Å². The van der Waals surface area contributed by atoms with Gasteiger partial charge in [0.25, 0.3) is 0 Å². The van der Waals surface area contributed by atoms with Crippen molar-refractivity contribution < 1.29 is 0 Å². The van der Waals surface area contributed by atoms with Crippen molar-refractivity contribution in [1.82, 2.24) is 4.57 Å². The van der Waals surface area contributed by atoms with Crippen LogP contribution >= 0.6 is 0 Å². The summed E-state index contributed by atoms with van der Waals surface area (Å²) >= 11 is 0. The lowest BCUT2D eigenvalue weighted by atomic mass is 10.0. The molecule has 0 N–H and O–H groups in total. The number of para-hydroxylation sites is 3. The molecule has 186 valence electrons. The first-order chi connectivity index (χ1) is 19.3. The molecule has 1 aromatic heterocycles. The molecule has 2 heteroatoms. The summed E-state index contributed by atoms with van der Waals surface area (Å²) in [5, 5.41) is 2.54. The molecule has 0 spiro atoms. The standard InChI is InChI=1S/C37H28N2/c1-27-16-21-33(22-17-27)39-36-15-9-8-14-34(36)35-26-29(20-25-37(35)39)28-18-23-32(24-19-28)38(30-10-4-2-5-11-30)31-12-6-3-7-13-31/h2-26H,1H3. The van der Waals surface area contributed by atoms with Crippen LogP contribution in [0.1, 0.15) is 5.56 Å². The van der Waals surface area contributed by atoms with E-state index in [2.05, 4.69) is 168 Å². The Bertz CT molecular complexity index is 1840. The van der Waals surface area contributed by atoms with Gasteiger partial charge in [0.05, 0.1) is 11.0 Å². The highest BCUT2D eigenvalue weighted by molar-refractivity contribution is 6.10. The Morgan fingerprint density at radius 3 is 1.64 bits per heavy atom. The van der Waals surface area contributed by atoms with Crippen molar-refractivity contribution in [2.45, 2.75) is 6.92 Å². The van der Waals surface area contributed by atoms with Crippen molar-refractivity contribution in [3.05, 3.63) is 157 Å². The zero-order valence-electron chi connectivity index (χ0n) is 21.8. The number of rotatable bonds is 5. The second kappa shape index (κ2) is 9.66. The Kier molecular flexibility index (Phi) is 5.71. The van der Waals surface area contributed by atoms with Crippen LogP contribution in [-0.4, -0.2) is 4.57 Å². The molecular formula is C37H28N2. The predicted molar refractivity (Wildman–Crippen MR) is 166 cm³/mol. The highest BCUT2D eigenvalue weighted by Gasteiger charge is 2.14. The molecule has 0 amide bonds. The SMILES string of the molecule is Cc1ccc(-n2c3ccccc3c3cc(-c4ccc(N(c5ccccc5)c5ccccc5)cc4)ccc32)cc1. The van der Waals surface area contributed by atoms with Crippen molar-refractivity contribution in [2.24, 2.45) is 0 Å². The third-order valence-corrected chi connectivity index (χ3v) is 7.45. The third-order valence-electron chi connectivity index (χ3n) is 7.45. The molecule has 0 fully saturated rings. The molecule has 0 aliphatic carbocycles. The van der Waals surface area contributed by atoms with Gasteiger partial charge in [0.2, 0.25) is 0 Å². The highest BCUT2D eigenvalue weighted by Crippen LogP contribution is 2.37. The maximum absolute atomic E-state index is 2.37. The van der Waals surface area contributed by atoms with Crippen LogP contribution in [0.3, 0.4) is 0 Å². The number of anilines is 3. The van der Waals surface area contributed by atoms with E-state index in [1.54, 1.807) is 0 Å². The molecule has 39 heavy (non-hydrogen) atoms. The number of aromatic nitrogens is 1. The van der Waals surface area contributed by atoms with E-state index in [0.29, 0.717) is 0 Å². The van der Waals surface area contributed by atoms with Gasteiger partial charge in [-0.2, -0.15) is 0 Å². The molecule has 0 radical (unpaired) electrons. The topological polar surface area (TPSA) is 8.17 Å². The molecule has 2 nitrogen and oxygen atoms in total. The lowest BCUT2D eigenvalue weighted by Crippen LogP contribution is -2.09. The van der Waals surface area contributed by atoms with E-state index in [4.69, 9.17) is 0 Å². The zero-order valence-corrected chi connectivity index (χ0v) is 21.8. The van der Waals surface area contributed by atoms with Gasteiger partial charge in [-0.3, -0.25) is 0 Å². The predicted octanol–water partition coefficient (Wildman–Crippen LogP) is 10.2. The second-order valence-electron chi connectivity index (χ2n) is 9.97. The van der Waals surface area contributed by atoms with E-state index in [-0.39, 0.29) is 0 Å². The van der Waals surface area contributed by atoms with E-state index < -0.39 is 0 Å². The van der Waals surface area contributed by atoms with E-state index >= 15 is 0 Å². The van der Waals surface area contributed by atoms with Crippen molar-refractivity contribution in [3.8, 4) is 16.8 Å². The van der Waals surface area contributed by atoms with Crippen molar-refractivity contribution in [3.63, 3.8) is 0 Å². The molecule has 0 bridgehead atoms. The molecule has 7 rings (SSSR count). The quantitative estimate of drug-likeness (QED) is 0.228. The summed E-state index contributed by atoms with van der Waals surface area (Å²) in [4.78, 5) is 2.29. The lowest BCUT2D eigenvalue weighted by Gasteiger charge is -2.25. The monoisotopic (exact) mass is 500 g/mol. The van der Waals surface area contributed by atoms with Crippen LogP contribution in [0.4, 0.5) is 17.1 Å². The maximum Gasteiger partial charge on any atom is 0.0541 e. The maximum atomic E-state index is 2.37. The molecule has 6 aromatic carbocycles. The summed E-state index contributed by atoms with van der Waals surface area (Å²) in [5.74, 6) is 0. The van der Waals surface area contributed by atoms with E-state index in [1.807, 2.05) is 0 Å². The average Bonchev–Trinajstić information content (AvgIpc) is 3.33. The number of fused-ring (bicyclic) bond motifs is 3. The van der Waals surface area contributed by atoms with E-state index in [9.17, 15) is 0 Å². The van der Waals surface area contributed by atoms with Gasteiger partial charge < -0.3 is 9.47 Å². The van der Waals surface area contributed by atoms with Crippen molar-refractivity contribution in [1.29, 1.82) is 0 Å². The number of hydrogen-bond acceptors (Lipinski definition) is 1. The molecule has 0 aliphatic heterocycles. The average molecular weight is 501 g/mol. The Hall–Kier alpha value is -5.08. The van der Waals surface area contributed by atoms with Crippen LogP contribution in [0, 0.1) is 6.92 Å². The summed E-state index contributed by atoms with van der Waals surface area (Å²) in [7, 11) is 0. The Labute approximate surface area is 229 Å². The van der Waals surface area contributed by atoms with Crippen LogP contribution in [0.15, 0.2) is 152 Å². The Morgan fingerprint density at radius 1 is 0.436 bits per heavy atom. The molecular weight excluding hydrogens is 472 g/mol. The minimum absolute atomic E-state index is 1.13. The molecule has 0 unspecified atom stereocenters. The lowest BCUT2D eigenvalue weighted by molar-refractivity contribution is 1.17. The summed E-state index contributed by atoms with van der Waals surface area (Å²) in [6, 6.07) is 54.3. The summed E-state index contributed by atoms with van der Waals surface area (Å²) in [5.41, 5.74) is 10.7. The van der Waals surface area contributed by atoms with E-state index in [0.717, 1.165) is 17.1 Å². The second-order valence-corrected chi connectivity index (χ2v) is 9.97. The first-order valence-electron chi connectivity index (χ1n) is 13.4. The molecule has 0 saturated heterocycles. The fourth-order valence-corrected chi connectivity index (χ4v) is 5.53. The van der Waals surface area contributed by atoms with Crippen LogP contribution < -0.4 is 4.90 Å². The van der Waals surface area contributed by atoms with E-state index in [1.165, 1.54) is 44.2 Å². The smallest absolute Gasteiger partial charge is 0.0541 e. The minimum atomic E-state index is 1.13. The summed E-state index contributed by atoms with van der Waals surface area (Å²) in [6.45, 7) is 2.13. The molecule has 0 saturated carbocycles. The summed E-state index contributed by atoms with van der Waals surface area (Å²) in [6.07, 6.45) is 0. The van der Waals surface area contributed by atoms with Crippen LogP contribution in [0.2, 0.25) is 0 Å². The summed E-state index contributed by atoms with van der Waals surface area (Å²) < 4.78 is 2.37. The van der Waals surface area contributed by atoms with Gasteiger partial charge in [0.1, 0.15) is 0 Å². The van der Waals surface area contributed by atoms with Gasteiger partial charge in [-0.25, -0.2) is 0 Å². The van der Waals surface area contributed by atoms with Gasteiger partial charge >= 0.3 is 0 Å². The fourth-order valence-electron chi connectivity index (χ4n) is 5.53. The van der Waals surface area contributed by atoms with Gasteiger partial charge in [-0.1, -0.05) is 90.5 Å². The molecule has 7 aromatic rings. The largest absolute Gasteiger partial charge is 0.311 e. The van der Waals surface area contributed by atoms with Crippen molar-refractivity contribution in [2.75, 3.05) is 4.90 Å². The van der Waals surface area contributed by atoms with Crippen molar-refractivity contribution >= 4 is 38.9 Å². The Morgan fingerprint density at radius 2 is 0.974 bits per heavy atom. The minimum Gasteiger partial charge on any atom is -0.311 e. The zero-order chi connectivity index (χ0) is 26.2. The molecule has 0 aliphatic rings. The molecule has 1 heterocycles. The van der Waals surface area contributed by atoms with Crippen LogP contribution in [0.25, 0.3) is 38.6 Å². The number of nitrogens with zero attached hydrogens (tertiary/aromatic N) is 2. The molecule has 0 atom stereocenters. The highest BCUT2D eigenvalue weighted by atomic mass is 15.1. The fraction of sp³-hybridized carbons (Fsp3) is 0.0270. The van der Waals surface area contributed by atoms with Gasteiger partial charge in [-0.05, 0) is 84.8 Å². The third kappa shape index (κ3) is 4.17. The first-order valence-corrected chi connectivity index (χ1v) is 13.4. The van der Waals surface area contributed by atoms with Crippen LogP contribution in [0.5, 0.6) is 0 Å². The Balaban J connectivity index is 1.32. The van der Waals surface area contributed by atoms with Gasteiger partial charge in [0.15, 0.2) is 0 Å². The number of benzene rings is 6. The number of aryl methyl sites for hydroxylation is 1.